The smallest absolute Gasteiger partial charge is 0.185 e. The summed E-state index contributed by atoms with van der Waals surface area (Å²) in [6, 6.07) is 13.1. The Morgan fingerprint density at radius 1 is 1.16 bits per heavy atom. The zero-order valence-electron chi connectivity index (χ0n) is 10.5. The van der Waals surface area contributed by atoms with Crippen LogP contribution in [0.15, 0.2) is 54.6 Å². The number of methoxy groups -OCH3 is 1. The Hall–Kier alpha value is -2.42. The number of hydrogen-bond acceptors (Lipinski definition) is 2. The van der Waals surface area contributed by atoms with Gasteiger partial charge in [0.05, 0.1) is 7.11 Å². The van der Waals surface area contributed by atoms with E-state index in [1.807, 2.05) is 0 Å². The van der Waals surface area contributed by atoms with Crippen molar-refractivity contribution in [3.05, 3.63) is 71.6 Å². The predicted molar refractivity (Wildman–Crippen MR) is 72.8 cm³/mol. The first-order valence-electron chi connectivity index (χ1n) is 5.81. The van der Waals surface area contributed by atoms with E-state index in [0.717, 1.165) is 0 Å². The lowest BCUT2D eigenvalue weighted by molar-refractivity contribution is 0.104. The number of rotatable bonds is 4. The fourth-order valence-corrected chi connectivity index (χ4v) is 1.65. The maximum atomic E-state index is 13.4. The van der Waals surface area contributed by atoms with Crippen molar-refractivity contribution in [1.82, 2.24) is 0 Å². The van der Waals surface area contributed by atoms with Crippen LogP contribution in [0.4, 0.5) is 4.39 Å². The number of ketones is 1. The molecule has 0 fully saturated rings. The van der Waals surface area contributed by atoms with Gasteiger partial charge in [-0.05, 0) is 30.4 Å². The number of allylic oxidation sites excluding steroid dienone is 1. The van der Waals surface area contributed by atoms with Crippen LogP contribution in [0.2, 0.25) is 0 Å². The number of halogens is 1. The molecule has 0 N–H and O–H groups in total. The van der Waals surface area contributed by atoms with Crippen molar-refractivity contribution in [2.75, 3.05) is 7.11 Å². The molecule has 19 heavy (non-hydrogen) atoms. The second-order valence-corrected chi connectivity index (χ2v) is 3.95. The minimum absolute atomic E-state index is 0.192. The standard InChI is InChI=1S/C16H13FO2/c1-19-14-7-4-6-13(11-14)16(18)10-9-12-5-2-3-8-15(12)17/h2-11H,1H3. The van der Waals surface area contributed by atoms with Gasteiger partial charge in [0.1, 0.15) is 11.6 Å². The van der Waals surface area contributed by atoms with Crippen molar-refractivity contribution in [3.8, 4) is 5.75 Å². The van der Waals surface area contributed by atoms with E-state index in [1.165, 1.54) is 18.2 Å². The van der Waals surface area contributed by atoms with Crippen LogP contribution in [0.25, 0.3) is 6.08 Å². The average Bonchev–Trinajstić information content (AvgIpc) is 2.46. The predicted octanol–water partition coefficient (Wildman–Crippen LogP) is 3.73. The lowest BCUT2D eigenvalue weighted by atomic mass is 10.1. The highest BCUT2D eigenvalue weighted by Gasteiger charge is 2.03. The van der Waals surface area contributed by atoms with Gasteiger partial charge in [0, 0.05) is 11.1 Å². The molecular weight excluding hydrogens is 243 g/mol. The molecule has 0 saturated heterocycles. The van der Waals surface area contributed by atoms with E-state index in [0.29, 0.717) is 16.9 Å². The van der Waals surface area contributed by atoms with Gasteiger partial charge in [-0.25, -0.2) is 4.39 Å². The Labute approximate surface area is 111 Å². The summed E-state index contributed by atoms with van der Waals surface area (Å²) in [5.41, 5.74) is 0.894. The van der Waals surface area contributed by atoms with Gasteiger partial charge in [-0.3, -0.25) is 4.79 Å². The van der Waals surface area contributed by atoms with Crippen molar-refractivity contribution >= 4 is 11.9 Å². The van der Waals surface area contributed by atoms with Crippen LogP contribution >= 0.6 is 0 Å². The lowest BCUT2D eigenvalue weighted by Crippen LogP contribution is -1.95. The van der Waals surface area contributed by atoms with E-state index in [1.54, 1.807) is 49.6 Å². The summed E-state index contributed by atoms with van der Waals surface area (Å²) in [7, 11) is 1.54. The van der Waals surface area contributed by atoms with Crippen molar-refractivity contribution in [2.24, 2.45) is 0 Å². The molecule has 0 atom stereocenters. The maximum absolute atomic E-state index is 13.4. The third-order valence-electron chi connectivity index (χ3n) is 2.67. The molecule has 0 aliphatic heterocycles. The van der Waals surface area contributed by atoms with E-state index < -0.39 is 0 Å². The highest BCUT2D eigenvalue weighted by molar-refractivity contribution is 6.07. The first-order valence-corrected chi connectivity index (χ1v) is 5.81. The Kier molecular flexibility index (Phi) is 4.08. The normalized spacial score (nSPS) is 10.6. The summed E-state index contributed by atoms with van der Waals surface area (Å²) in [5, 5.41) is 0. The van der Waals surface area contributed by atoms with Gasteiger partial charge in [0.2, 0.25) is 0 Å². The molecule has 2 rings (SSSR count). The molecule has 0 heterocycles. The highest BCUT2D eigenvalue weighted by Crippen LogP contribution is 2.14. The summed E-state index contributed by atoms with van der Waals surface area (Å²) in [5.74, 6) is 0.0736. The molecule has 0 unspecified atom stereocenters. The maximum Gasteiger partial charge on any atom is 0.185 e. The van der Waals surface area contributed by atoms with Crippen molar-refractivity contribution in [2.45, 2.75) is 0 Å². The minimum Gasteiger partial charge on any atom is -0.497 e. The van der Waals surface area contributed by atoms with Crippen LogP contribution in [0.1, 0.15) is 15.9 Å². The molecule has 96 valence electrons. The van der Waals surface area contributed by atoms with Gasteiger partial charge in [-0.15, -0.1) is 0 Å². The molecule has 0 amide bonds. The lowest BCUT2D eigenvalue weighted by Gasteiger charge is -2.01. The fraction of sp³-hybridized carbons (Fsp3) is 0.0625. The monoisotopic (exact) mass is 256 g/mol. The first-order chi connectivity index (χ1) is 9.20. The van der Waals surface area contributed by atoms with Crippen molar-refractivity contribution < 1.29 is 13.9 Å². The van der Waals surface area contributed by atoms with E-state index in [-0.39, 0.29) is 11.6 Å². The molecular formula is C16H13FO2. The summed E-state index contributed by atoms with van der Waals surface area (Å²) in [6.07, 6.45) is 2.82. The van der Waals surface area contributed by atoms with Crippen molar-refractivity contribution in [3.63, 3.8) is 0 Å². The molecule has 2 nitrogen and oxygen atoms in total. The third kappa shape index (κ3) is 3.28. The first kappa shape index (κ1) is 13.0. The molecule has 0 aliphatic carbocycles. The molecule has 2 aromatic carbocycles. The molecule has 0 saturated carbocycles. The van der Waals surface area contributed by atoms with Gasteiger partial charge in [-0.2, -0.15) is 0 Å². The second kappa shape index (κ2) is 5.96. The number of carbonyl (C=O) groups is 1. The van der Waals surface area contributed by atoms with Gasteiger partial charge in [0.15, 0.2) is 5.78 Å². The number of ether oxygens (including phenoxy) is 1. The topological polar surface area (TPSA) is 26.3 Å². The Bertz CT molecular complexity index is 618. The molecule has 0 bridgehead atoms. The van der Waals surface area contributed by atoms with Crippen LogP contribution in [-0.2, 0) is 0 Å². The quantitative estimate of drug-likeness (QED) is 0.615. The zero-order chi connectivity index (χ0) is 13.7. The largest absolute Gasteiger partial charge is 0.497 e. The van der Waals surface area contributed by atoms with E-state index in [9.17, 15) is 9.18 Å². The summed E-state index contributed by atoms with van der Waals surface area (Å²) in [4.78, 5) is 11.9. The minimum atomic E-state index is -0.350. The Morgan fingerprint density at radius 3 is 2.68 bits per heavy atom. The van der Waals surface area contributed by atoms with Crippen LogP contribution in [0.5, 0.6) is 5.75 Å². The van der Waals surface area contributed by atoms with E-state index in [2.05, 4.69) is 0 Å². The van der Waals surface area contributed by atoms with Gasteiger partial charge >= 0.3 is 0 Å². The van der Waals surface area contributed by atoms with Crippen LogP contribution in [0.3, 0.4) is 0 Å². The van der Waals surface area contributed by atoms with Crippen LogP contribution < -0.4 is 4.74 Å². The Balaban J connectivity index is 2.19. The molecule has 2 aromatic rings. The zero-order valence-corrected chi connectivity index (χ0v) is 10.5. The van der Waals surface area contributed by atoms with Crippen LogP contribution in [0, 0.1) is 5.82 Å². The third-order valence-corrected chi connectivity index (χ3v) is 2.67. The highest BCUT2D eigenvalue weighted by atomic mass is 19.1. The summed E-state index contributed by atoms with van der Waals surface area (Å²) >= 11 is 0. The van der Waals surface area contributed by atoms with Crippen LogP contribution in [-0.4, -0.2) is 12.9 Å². The van der Waals surface area contributed by atoms with Crippen molar-refractivity contribution in [1.29, 1.82) is 0 Å². The average molecular weight is 256 g/mol. The SMILES string of the molecule is COc1cccc(C(=O)C=Cc2ccccc2F)c1. The molecule has 0 spiro atoms. The number of hydrogen-bond donors (Lipinski definition) is 0. The van der Waals surface area contributed by atoms with Gasteiger partial charge < -0.3 is 4.74 Å². The Morgan fingerprint density at radius 2 is 1.95 bits per heavy atom. The van der Waals surface area contributed by atoms with E-state index in [4.69, 9.17) is 4.74 Å². The van der Waals surface area contributed by atoms with E-state index >= 15 is 0 Å². The number of benzene rings is 2. The molecule has 0 aromatic heterocycles. The fourth-order valence-electron chi connectivity index (χ4n) is 1.65. The van der Waals surface area contributed by atoms with Gasteiger partial charge in [-0.1, -0.05) is 30.3 Å². The molecule has 0 aliphatic rings. The summed E-state index contributed by atoms with van der Waals surface area (Å²) < 4.78 is 18.4. The molecule has 3 heteroatoms. The van der Waals surface area contributed by atoms with Gasteiger partial charge in [0.25, 0.3) is 0 Å². The second-order valence-electron chi connectivity index (χ2n) is 3.95. The molecule has 0 radical (unpaired) electrons. The summed E-state index contributed by atoms with van der Waals surface area (Å²) in [6.45, 7) is 0. The number of carbonyl (C=O) groups excluding carboxylic acids is 1.